The molecule has 0 heterocycles. The third-order valence-corrected chi connectivity index (χ3v) is 3.96. The van der Waals surface area contributed by atoms with Crippen LogP contribution < -0.4 is 10.9 Å². The van der Waals surface area contributed by atoms with Crippen LogP contribution in [-0.2, 0) is 0 Å². The second-order valence-corrected chi connectivity index (χ2v) is 5.66. The molecule has 3 N–H and O–H groups in total. The number of rotatable bonds is 4. The number of hydrogen-bond acceptors (Lipinski definition) is 3. The molecule has 0 atom stereocenters. The molecule has 0 fully saturated rings. The number of fused-ring (bicyclic) bond motifs is 1. The van der Waals surface area contributed by atoms with E-state index < -0.39 is 5.91 Å². The average Bonchev–Trinajstić information content (AvgIpc) is 2.59. The molecule has 0 aliphatic carbocycles. The fourth-order valence-electron chi connectivity index (χ4n) is 2.38. The molecule has 5 heteroatoms. The van der Waals surface area contributed by atoms with Gasteiger partial charge in [-0.2, -0.15) is 0 Å². The van der Waals surface area contributed by atoms with Crippen molar-refractivity contribution in [2.75, 3.05) is 0 Å². The molecule has 0 bridgehead atoms. The van der Waals surface area contributed by atoms with Crippen molar-refractivity contribution >= 4 is 34.0 Å². The lowest BCUT2D eigenvalue weighted by atomic mass is 10.1. The summed E-state index contributed by atoms with van der Waals surface area (Å²) in [5, 5.41) is 12.3. The highest BCUT2D eigenvalue weighted by atomic mass is 35.5. The lowest BCUT2D eigenvalue weighted by molar-refractivity contribution is 0.0940. The molecule has 0 spiro atoms. The predicted molar refractivity (Wildman–Crippen MR) is 96.7 cm³/mol. The van der Waals surface area contributed by atoms with Gasteiger partial charge in [0.2, 0.25) is 0 Å². The van der Waals surface area contributed by atoms with Crippen molar-refractivity contribution in [1.82, 2.24) is 10.9 Å². The third-order valence-electron chi connectivity index (χ3n) is 3.63. The first-order valence-electron chi connectivity index (χ1n) is 7.28. The van der Waals surface area contributed by atoms with E-state index in [1.165, 1.54) is 0 Å². The van der Waals surface area contributed by atoms with Crippen molar-refractivity contribution in [3.05, 3.63) is 83.4 Å². The number of amides is 1. The largest absolute Gasteiger partial charge is 0.507 e. The number of halogens is 1. The highest BCUT2D eigenvalue weighted by molar-refractivity contribution is 6.32. The second-order valence-electron chi connectivity index (χ2n) is 5.25. The molecule has 0 aromatic heterocycles. The van der Waals surface area contributed by atoms with Gasteiger partial charge in [0.25, 0.3) is 5.91 Å². The van der Waals surface area contributed by atoms with Crippen molar-refractivity contribution in [3.8, 4) is 5.75 Å². The summed E-state index contributed by atoms with van der Waals surface area (Å²) in [5.41, 5.74) is 6.56. The minimum absolute atomic E-state index is 0.0867. The maximum atomic E-state index is 12.3. The van der Waals surface area contributed by atoms with Gasteiger partial charge in [-0.15, -0.1) is 0 Å². The van der Waals surface area contributed by atoms with Crippen molar-refractivity contribution in [3.63, 3.8) is 0 Å². The van der Waals surface area contributed by atoms with E-state index in [0.717, 1.165) is 10.8 Å². The summed E-state index contributed by atoms with van der Waals surface area (Å²) in [6.07, 6.45) is 0. The van der Waals surface area contributed by atoms with Gasteiger partial charge in [-0.25, -0.2) is 0 Å². The fourth-order valence-corrected chi connectivity index (χ4v) is 2.63. The zero-order chi connectivity index (χ0) is 17.1. The summed E-state index contributed by atoms with van der Waals surface area (Å²) in [6, 6.07) is 17.9. The van der Waals surface area contributed by atoms with Crippen molar-refractivity contribution in [2.24, 2.45) is 0 Å². The van der Waals surface area contributed by atoms with E-state index in [1.807, 2.05) is 36.4 Å². The molecule has 4 nitrogen and oxygen atoms in total. The van der Waals surface area contributed by atoms with Crippen LogP contribution >= 0.6 is 11.6 Å². The Balaban J connectivity index is 1.77. The van der Waals surface area contributed by atoms with Gasteiger partial charge in [0.15, 0.2) is 0 Å². The first-order valence-corrected chi connectivity index (χ1v) is 7.66. The van der Waals surface area contributed by atoms with E-state index in [1.54, 1.807) is 24.3 Å². The van der Waals surface area contributed by atoms with Crippen molar-refractivity contribution in [1.29, 1.82) is 0 Å². The molecule has 24 heavy (non-hydrogen) atoms. The number of benzene rings is 3. The molecule has 3 aromatic rings. The Morgan fingerprint density at radius 1 is 0.917 bits per heavy atom. The maximum Gasteiger partial charge on any atom is 0.273 e. The molecule has 0 unspecified atom stereocenters. The molecule has 0 aliphatic heterocycles. The van der Waals surface area contributed by atoms with Gasteiger partial charge in [-0.1, -0.05) is 60.6 Å². The molecule has 3 rings (SSSR count). The smallest absolute Gasteiger partial charge is 0.273 e. The number of carbonyl (C=O) groups is 1. The third kappa shape index (κ3) is 3.19. The number of carbonyl (C=O) groups excluding carboxylic acids is 1. The first kappa shape index (κ1) is 15.9. The lowest BCUT2D eigenvalue weighted by Gasteiger charge is -2.13. The number of nitrogens with one attached hydrogen (secondary N) is 2. The summed E-state index contributed by atoms with van der Waals surface area (Å²) >= 11 is 6.09. The van der Waals surface area contributed by atoms with Crippen LogP contribution in [0.5, 0.6) is 5.75 Å². The highest BCUT2D eigenvalue weighted by Gasteiger charge is 2.13. The number of aromatic hydroxyl groups is 1. The standard InChI is InChI=1S/C19H15ClN2O2/c1-12(15-8-4-5-9-17(15)20)21-22-19(24)16-10-13-6-2-3-7-14(13)11-18(16)23/h2-11,21,23H,1H2,(H,22,24). The van der Waals surface area contributed by atoms with Gasteiger partial charge in [-0.05, 0) is 29.0 Å². The average molecular weight is 339 g/mol. The molecule has 3 aromatic carbocycles. The zero-order valence-corrected chi connectivity index (χ0v) is 13.5. The van der Waals surface area contributed by atoms with Gasteiger partial charge < -0.3 is 5.11 Å². The van der Waals surface area contributed by atoms with E-state index in [-0.39, 0.29) is 11.3 Å². The molecular formula is C19H15ClN2O2. The Kier molecular flexibility index (Phi) is 4.40. The van der Waals surface area contributed by atoms with Gasteiger partial charge in [-0.3, -0.25) is 15.6 Å². The lowest BCUT2D eigenvalue weighted by Crippen LogP contribution is -2.35. The maximum absolute atomic E-state index is 12.3. The van der Waals surface area contributed by atoms with Crippen LogP contribution in [0.1, 0.15) is 15.9 Å². The minimum Gasteiger partial charge on any atom is -0.507 e. The monoisotopic (exact) mass is 338 g/mol. The van der Waals surface area contributed by atoms with E-state index in [9.17, 15) is 9.90 Å². The number of phenolic OH excluding ortho intramolecular Hbond substituents is 1. The van der Waals surface area contributed by atoms with Crippen LogP contribution in [0.2, 0.25) is 5.02 Å². The SMILES string of the molecule is C=C(NNC(=O)c1cc2ccccc2cc1O)c1ccccc1Cl. The van der Waals surface area contributed by atoms with Crippen molar-refractivity contribution in [2.45, 2.75) is 0 Å². The Labute approximate surface area is 144 Å². The van der Waals surface area contributed by atoms with E-state index >= 15 is 0 Å². The summed E-state index contributed by atoms with van der Waals surface area (Å²) in [7, 11) is 0. The number of phenols is 1. The van der Waals surface area contributed by atoms with E-state index in [2.05, 4.69) is 17.4 Å². The van der Waals surface area contributed by atoms with Gasteiger partial charge in [0, 0.05) is 10.6 Å². The number of hydrazine groups is 1. The van der Waals surface area contributed by atoms with Crippen molar-refractivity contribution < 1.29 is 9.90 Å². The summed E-state index contributed by atoms with van der Waals surface area (Å²) in [6.45, 7) is 3.85. The molecule has 0 radical (unpaired) electrons. The molecule has 0 saturated carbocycles. The van der Waals surface area contributed by atoms with Crippen LogP contribution in [0.4, 0.5) is 0 Å². The Hall–Kier alpha value is -2.98. The van der Waals surface area contributed by atoms with E-state index in [0.29, 0.717) is 16.3 Å². The molecule has 1 amide bonds. The first-order chi connectivity index (χ1) is 11.6. The van der Waals surface area contributed by atoms with Crippen LogP contribution in [0, 0.1) is 0 Å². The minimum atomic E-state index is -0.466. The quantitative estimate of drug-likeness (QED) is 0.627. The van der Waals surface area contributed by atoms with Gasteiger partial charge in [0.1, 0.15) is 5.75 Å². The van der Waals surface area contributed by atoms with Crippen LogP contribution in [0.3, 0.4) is 0 Å². The van der Waals surface area contributed by atoms with Crippen LogP contribution in [-0.4, -0.2) is 11.0 Å². The Morgan fingerprint density at radius 2 is 1.54 bits per heavy atom. The second kappa shape index (κ2) is 6.64. The normalized spacial score (nSPS) is 10.4. The molecule has 0 aliphatic rings. The van der Waals surface area contributed by atoms with Crippen LogP contribution in [0.25, 0.3) is 16.5 Å². The highest BCUT2D eigenvalue weighted by Crippen LogP contribution is 2.25. The summed E-state index contributed by atoms with van der Waals surface area (Å²) in [5.74, 6) is -0.553. The Morgan fingerprint density at radius 3 is 2.25 bits per heavy atom. The molecule has 120 valence electrons. The zero-order valence-electron chi connectivity index (χ0n) is 12.7. The van der Waals surface area contributed by atoms with Crippen LogP contribution in [0.15, 0.2) is 67.2 Å². The molecular weight excluding hydrogens is 324 g/mol. The predicted octanol–water partition coefficient (Wildman–Crippen LogP) is 4.10. The Bertz CT molecular complexity index is 938. The topological polar surface area (TPSA) is 61.4 Å². The van der Waals surface area contributed by atoms with E-state index in [4.69, 9.17) is 11.6 Å². The summed E-state index contributed by atoms with van der Waals surface area (Å²) < 4.78 is 0. The number of hydrogen-bond donors (Lipinski definition) is 3. The molecule has 0 saturated heterocycles. The van der Waals surface area contributed by atoms with Gasteiger partial charge in [0.05, 0.1) is 11.3 Å². The summed E-state index contributed by atoms with van der Waals surface area (Å²) in [4.78, 5) is 12.3. The fraction of sp³-hybridized carbons (Fsp3) is 0. The van der Waals surface area contributed by atoms with Gasteiger partial charge >= 0.3 is 0 Å².